The highest BCUT2D eigenvalue weighted by molar-refractivity contribution is 6.09. The summed E-state index contributed by atoms with van der Waals surface area (Å²) in [6.07, 6.45) is 1.77. The van der Waals surface area contributed by atoms with Crippen LogP contribution in [0.2, 0.25) is 0 Å². The number of rotatable bonds is 6. The highest BCUT2D eigenvalue weighted by atomic mass is 16.4. The molecule has 0 aliphatic heterocycles. The number of H-pyrrole nitrogens is 1. The fourth-order valence-electron chi connectivity index (χ4n) is 2.89. The molecule has 8 heteroatoms. The molecule has 3 aromatic rings. The van der Waals surface area contributed by atoms with Gasteiger partial charge in [-0.1, -0.05) is 24.8 Å². The SMILES string of the molecule is C=C(CNC)C(=O)Nc1cccc(-c2ccc(C(N)=O)c3[nH]ccc23)c1.CC(=O)O. The fraction of sp³-hybridized carbons (Fsp3) is 0.136. The molecule has 3 rings (SSSR count). The maximum atomic E-state index is 12.1. The van der Waals surface area contributed by atoms with Crippen molar-refractivity contribution in [3.63, 3.8) is 0 Å². The van der Waals surface area contributed by atoms with Gasteiger partial charge >= 0.3 is 0 Å². The minimum atomic E-state index is -0.833. The van der Waals surface area contributed by atoms with Crippen LogP contribution in [0.4, 0.5) is 5.69 Å². The molecule has 0 unspecified atom stereocenters. The molecule has 0 saturated carbocycles. The van der Waals surface area contributed by atoms with E-state index in [1.165, 1.54) is 0 Å². The molecule has 0 aliphatic carbocycles. The summed E-state index contributed by atoms with van der Waals surface area (Å²) in [5.41, 5.74) is 9.58. The van der Waals surface area contributed by atoms with Crippen molar-refractivity contribution in [3.8, 4) is 11.1 Å². The number of carboxylic acids is 1. The molecule has 0 saturated heterocycles. The van der Waals surface area contributed by atoms with Crippen LogP contribution in [0.15, 0.2) is 60.8 Å². The molecule has 1 heterocycles. The van der Waals surface area contributed by atoms with Crippen molar-refractivity contribution in [2.24, 2.45) is 5.73 Å². The Kier molecular flexibility index (Phi) is 7.49. The molecule has 6 N–H and O–H groups in total. The molecule has 156 valence electrons. The summed E-state index contributed by atoms with van der Waals surface area (Å²) in [4.78, 5) is 35.8. The Morgan fingerprint density at radius 1 is 1.17 bits per heavy atom. The number of hydrogen-bond acceptors (Lipinski definition) is 4. The monoisotopic (exact) mass is 408 g/mol. The molecule has 1 aromatic heterocycles. The number of aromatic amines is 1. The summed E-state index contributed by atoms with van der Waals surface area (Å²) in [5, 5.41) is 14.1. The van der Waals surface area contributed by atoms with Gasteiger partial charge in [0.2, 0.25) is 0 Å². The van der Waals surface area contributed by atoms with Gasteiger partial charge in [0.05, 0.1) is 11.1 Å². The average Bonchev–Trinajstić information content (AvgIpc) is 3.16. The number of anilines is 1. The van der Waals surface area contributed by atoms with Gasteiger partial charge in [-0.2, -0.15) is 0 Å². The highest BCUT2D eigenvalue weighted by Gasteiger charge is 2.13. The van der Waals surface area contributed by atoms with Crippen LogP contribution in [-0.2, 0) is 9.59 Å². The lowest BCUT2D eigenvalue weighted by molar-refractivity contribution is -0.134. The second kappa shape index (κ2) is 10.0. The number of nitrogens with one attached hydrogen (secondary N) is 3. The smallest absolute Gasteiger partial charge is 0.300 e. The second-order valence-corrected chi connectivity index (χ2v) is 6.48. The molecule has 2 amide bonds. The Morgan fingerprint density at radius 3 is 2.50 bits per heavy atom. The molecule has 2 aromatic carbocycles. The van der Waals surface area contributed by atoms with Gasteiger partial charge in [0, 0.05) is 36.3 Å². The topological polar surface area (TPSA) is 137 Å². The quantitative estimate of drug-likeness (QED) is 0.399. The molecular weight excluding hydrogens is 384 g/mol. The van der Waals surface area contributed by atoms with Gasteiger partial charge in [0.15, 0.2) is 0 Å². The number of carbonyl (C=O) groups is 3. The van der Waals surface area contributed by atoms with Crippen LogP contribution in [0, 0.1) is 0 Å². The number of carboxylic acid groups (broad SMARTS) is 1. The summed E-state index contributed by atoms with van der Waals surface area (Å²) in [5.74, 6) is -1.54. The Morgan fingerprint density at radius 2 is 1.87 bits per heavy atom. The number of amides is 2. The number of nitrogens with two attached hydrogens (primary N) is 1. The zero-order chi connectivity index (χ0) is 22.3. The minimum Gasteiger partial charge on any atom is -0.481 e. The van der Waals surface area contributed by atoms with Gasteiger partial charge in [0.25, 0.3) is 17.8 Å². The predicted octanol–water partition coefficient (Wildman–Crippen LogP) is 2.74. The van der Waals surface area contributed by atoms with E-state index in [4.69, 9.17) is 15.6 Å². The molecule has 0 aliphatic rings. The third kappa shape index (κ3) is 5.55. The predicted molar refractivity (Wildman–Crippen MR) is 117 cm³/mol. The van der Waals surface area contributed by atoms with E-state index in [1.54, 1.807) is 19.3 Å². The summed E-state index contributed by atoms with van der Waals surface area (Å²) in [6, 6.07) is 13.0. The zero-order valence-corrected chi connectivity index (χ0v) is 16.8. The number of benzene rings is 2. The van der Waals surface area contributed by atoms with Crippen LogP contribution >= 0.6 is 0 Å². The molecule has 0 radical (unpaired) electrons. The Labute approximate surface area is 173 Å². The standard InChI is InChI=1S/C20H20N4O2.C2H4O2/c1-12(11-22-2)20(26)24-14-5-3-4-13(10-14)15-6-7-17(19(21)25)18-16(15)8-9-23-18;1-2(3)4/h3-10,22-23H,1,11H2,2H3,(H2,21,25)(H,24,26);1H3,(H,3,4). The van der Waals surface area contributed by atoms with E-state index in [9.17, 15) is 9.59 Å². The van der Waals surface area contributed by atoms with Crippen molar-refractivity contribution >= 4 is 34.4 Å². The van der Waals surface area contributed by atoms with E-state index in [1.807, 2.05) is 36.4 Å². The van der Waals surface area contributed by atoms with Crippen LogP contribution in [0.3, 0.4) is 0 Å². The van der Waals surface area contributed by atoms with Crippen LogP contribution in [-0.4, -0.2) is 41.5 Å². The summed E-state index contributed by atoms with van der Waals surface area (Å²) in [6.45, 7) is 5.26. The number of likely N-dealkylation sites (N-methyl/N-ethyl adjacent to an activating group) is 1. The van der Waals surface area contributed by atoms with Gasteiger partial charge in [-0.15, -0.1) is 0 Å². The second-order valence-electron chi connectivity index (χ2n) is 6.48. The highest BCUT2D eigenvalue weighted by Crippen LogP contribution is 2.31. The number of carbonyl (C=O) groups excluding carboxylic acids is 2. The van der Waals surface area contributed by atoms with Crippen molar-refractivity contribution in [2.45, 2.75) is 6.92 Å². The average molecular weight is 408 g/mol. The molecule has 0 atom stereocenters. The third-order valence-electron chi connectivity index (χ3n) is 4.13. The zero-order valence-electron chi connectivity index (χ0n) is 16.8. The molecule has 8 nitrogen and oxygen atoms in total. The lowest BCUT2D eigenvalue weighted by Gasteiger charge is -2.10. The number of aliphatic carboxylic acids is 1. The van der Waals surface area contributed by atoms with E-state index >= 15 is 0 Å². The number of primary amides is 1. The molecule has 0 bridgehead atoms. The number of aromatic nitrogens is 1. The fourth-order valence-corrected chi connectivity index (χ4v) is 2.89. The van der Waals surface area contributed by atoms with Gasteiger partial charge in [-0.3, -0.25) is 14.4 Å². The summed E-state index contributed by atoms with van der Waals surface area (Å²) in [7, 11) is 1.76. The molecular formula is C22H24N4O4. The van der Waals surface area contributed by atoms with E-state index in [2.05, 4.69) is 22.2 Å². The Hall–Kier alpha value is -3.91. The van der Waals surface area contributed by atoms with Crippen molar-refractivity contribution in [2.75, 3.05) is 18.9 Å². The van der Waals surface area contributed by atoms with E-state index < -0.39 is 11.9 Å². The van der Waals surface area contributed by atoms with Crippen molar-refractivity contribution < 1.29 is 19.5 Å². The van der Waals surface area contributed by atoms with Crippen LogP contribution < -0.4 is 16.4 Å². The maximum Gasteiger partial charge on any atom is 0.300 e. The van der Waals surface area contributed by atoms with Gasteiger partial charge in [-0.25, -0.2) is 0 Å². The normalized spacial score (nSPS) is 10.1. The Bertz CT molecular complexity index is 1100. The number of fused-ring (bicyclic) bond motifs is 1. The summed E-state index contributed by atoms with van der Waals surface area (Å²) >= 11 is 0. The van der Waals surface area contributed by atoms with Crippen molar-refractivity contribution in [1.29, 1.82) is 0 Å². The van der Waals surface area contributed by atoms with Crippen LogP contribution in [0.5, 0.6) is 0 Å². The molecule has 0 spiro atoms. The largest absolute Gasteiger partial charge is 0.481 e. The van der Waals surface area contributed by atoms with Gasteiger partial charge in [-0.05, 0) is 42.4 Å². The van der Waals surface area contributed by atoms with Gasteiger partial charge < -0.3 is 26.5 Å². The van der Waals surface area contributed by atoms with E-state index in [0.717, 1.165) is 23.4 Å². The first-order valence-electron chi connectivity index (χ1n) is 9.08. The summed E-state index contributed by atoms with van der Waals surface area (Å²) < 4.78 is 0. The van der Waals surface area contributed by atoms with Crippen LogP contribution in [0.1, 0.15) is 17.3 Å². The lowest BCUT2D eigenvalue weighted by Crippen LogP contribution is -2.21. The Balaban J connectivity index is 0.000000735. The third-order valence-corrected chi connectivity index (χ3v) is 4.13. The van der Waals surface area contributed by atoms with Crippen LogP contribution in [0.25, 0.3) is 22.0 Å². The van der Waals surface area contributed by atoms with Gasteiger partial charge in [0.1, 0.15) is 0 Å². The molecule has 30 heavy (non-hydrogen) atoms. The van der Waals surface area contributed by atoms with Crippen molar-refractivity contribution in [3.05, 3.63) is 66.4 Å². The first kappa shape index (κ1) is 22.4. The minimum absolute atomic E-state index is 0.229. The van der Waals surface area contributed by atoms with E-state index in [-0.39, 0.29) is 5.91 Å². The van der Waals surface area contributed by atoms with E-state index in [0.29, 0.717) is 28.9 Å². The van der Waals surface area contributed by atoms with Crippen molar-refractivity contribution in [1.82, 2.24) is 10.3 Å². The molecule has 0 fully saturated rings. The first-order valence-corrected chi connectivity index (χ1v) is 9.08. The lowest BCUT2D eigenvalue weighted by atomic mass is 9.98. The first-order chi connectivity index (χ1) is 14.2. The number of hydrogen-bond donors (Lipinski definition) is 5. The maximum absolute atomic E-state index is 12.1.